The minimum atomic E-state index is -0.510. The van der Waals surface area contributed by atoms with Crippen molar-refractivity contribution >= 4 is 39.8 Å². The van der Waals surface area contributed by atoms with E-state index in [0.29, 0.717) is 17.1 Å². The van der Waals surface area contributed by atoms with E-state index < -0.39 is 5.97 Å². The van der Waals surface area contributed by atoms with Gasteiger partial charge in [0.2, 0.25) is 5.78 Å². The number of carbonyl (C=O) groups is 2. The molecule has 0 aliphatic carbocycles. The molecular weight excluding hydrogens is 432 g/mol. The van der Waals surface area contributed by atoms with E-state index >= 15 is 0 Å². The van der Waals surface area contributed by atoms with Crippen molar-refractivity contribution in [1.29, 1.82) is 0 Å². The Labute approximate surface area is 176 Å². The second-order valence-electron chi connectivity index (χ2n) is 6.31. The maximum Gasteiger partial charge on any atom is 0.336 e. The van der Waals surface area contributed by atoms with Crippen LogP contribution in [-0.2, 0) is 4.79 Å². The lowest BCUT2D eigenvalue weighted by Gasteiger charge is -2.03. The van der Waals surface area contributed by atoms with Crippen molar-refractivity contribution in [2.45, 2.75) is 0 Å². The van der Waals surface area contributed by atoms with Crippen LogP contribution in [0.15, 0.2) is 89.1 Å². The summed E-state index contributed by atoms with van der Waals surface area (Å²) in [5.41, 5.74) is 2.19. The van der Waals surface area contributed by atoms with Crippen molar-refractivity contribution in [2.24, 2.45) is 0 Å². The summed E-state index contributed by atoms with van der Waals surface area (Å²) >= 11 is 3.38. The molecule has 0 aromatic heterocycles. The number of carbonyl (C=O) groups excluding carboxylic acids is 2. The Morgan fingerprint density at radius 1 is 0.931 bits per heavy atom. The summed E-state index contributed by atoms with van der Waals surface area (Å²) in [6, 6.07) is 21.7. The number of halogens is 1. The Bertz CT molecular complexity index is 1130. The molecular formula is C24H15BrO4. The topological polar surface area (TPSA) is 52.6 Å². The minimum absolute atomic E-state index is 0.204. The number of benzene rings is 3. The summed E-state index contributed by atoms with van der Waals surface area (Å²) in [5, 5.41) is 0. The first kappa shape index (κ1) is 18.9. The molecule has 1 aliphatic heterocycles. The molecule has 1 heterocycles. The number of hydrogen-bond donors (Lipinski definition) is 0. The fourth-order valence-electron chi connectivity index (χ4n) is 2.82. The lowest BCUT2D eigenvalue weighted by molar-refractivity contribution is -0.128. The summed E-state index contributed by atoms with van der Waals surface area (Å²) in [6.07, 6.45) is 4.71. The van der Waals surface area contributed by atoms with E-state index in [1.165, 1.54) is 6.08 Å². The van der Waals surface area contributed by atoms with Gasteiger partial charge in [0.15, 0.2) is 5.76 Å². The first-order valence-electron chi connectivity index (χ1n) is 8.87. The van der Waals surface area contributed by atoms with Gasteiger partial charge in [-0.3, -0.25) is 4.79 Å². The number of ketones is 1. The average Bonchev–Trinajstić information content (AvgIpc) is 3.04. The average molecular weight is 447 g/mol. The van der Waals surface area contributed by atoms with Crippen LogP contribution in [-0.4, -0.2) is 11.8 Å². The second-order valence-corrected chi connectivity index (χ2v) is 7.23. The van der Waals surface area contributed by atoms with Crippen molar-refractivity contribution in [3.05, 3.63) is 106 Å². The van der Waals surface area contributed by atoms with Gasteiger partial charge in [-0.1, -0.05) is 58.4 Å². The smallest absolute Gasteiger partial charge is 0.336 e. The molecule has 0 radical (unpaired) electrons. The second kappa shape index (κ2) is 8.29. The Kier molecular flexibility index (Phi) is 5.40. The molecule has 5 heteroatoms. The largest absolute Gasteiger partial charge is 0.452 e. The van der Waals surface area contributed by atoms with Crippen molar-refractivity contribution in [3.8, 4) is 11.5 Å². The van der Waals surface area contributed by atoms with Gasteiger partial charge >= 0.3 is 5.97 Å². The van der Waals surface area contributed by atoms with Crippen LogP contribution in [0, 0.1) is 0 Å². The molecule has 4 nitrogen and oxygen atoms in total. The van der Waals surface area contributed by atoms with E-state index in [0.717, 1.165) is 15.6 Å². The van der Waals surface area contributed by atoms with Gasteiger partial charge in [0, 0.05) is 16.6 Å². The first-order chi connectivity index (χ1) is 14.1. The van der Waals surface area contributed by atoms with Gasteiger partial charge in [-0.05, 0) is 47.5 Å². The van der Waals surface area contributed by atoms with Gasteiger partial charge in [-0.25, -0.2) is 4.79 Å². The number of allylic oxidation sites excluding steroid dienone is 1. The van der Waals surface area contributed by atoms with E-state index in [4.69, 9.17) is 9.47 Å². The molecule has 142 valence electrons. The van der Waals surface area contributed by atoms with E-state index in [-0.39, 0.29) is 11.5 Å². The molecule has 0 saturated carbocycles. The molecule has 3 aromatic carbocycles. The lowest BCUT2D eigenvalue weighted by atomic mass is 10.1. The molecule has 0 fully saturated rings. The van der Waals surface area contributed by atoms with E-state index in [1.54, 1.807) is 30.4 Å². The number of rotatable bonds is 4. The monoisotopic (exact) mass is 446 g/mol. The van der Waals surface area contributed by atoms with E-state index in [9.17, 15) is 9.59 Å². The Morgan fingerprint density at radius 2 is 1.69 bits per heavy atom. The molecule has 0 amide bonds. The highest BCUT2D eigenvalue weighted by Gasteiger charge is 2.27. The fraction of sp³-hybridized carbons (Fsp3) is 0. The molecule has 3 aromatic rings. The molecule has 0 unspecified atom stereocenters. The summed E-state index contributed by atoms with van der Waals surface area (Å²) < 4.78 is 12.0. The standard InChI is InChI=1S/C24H15BrO4/c25-18-9-6-17(7-10-18)14-22-24(27)20-12-11-19(15-21(20)29-22)28-23(26)13-8-16-4-2-1-3-5-16/h1-15H. The molecule has 4 rings (SSSR count). The van der Waals surface area contributed by atoms with Crippen molar-refractivity contribution in [2.75, 3.05) is 0 Å². The Hall–Kier alpha value is -3.44. The Balaban J connectivity index is 1.48. The number of Topliss-reactive ketones (excluding diaryl/α,β-unsaturated/α-hetero) is 1. The van der Waals surface area contributed by atoms with Gasteiger partial charge < -0.3 is 9.47 Å². The van der Waals surface area contributed by atoms with Gasteiger partial charge in [0.1, 0.15) is 11.5 Å². The van der Waals surface area contributed by atoms with Gasteiger partial charge in [0.25, 0.3) is 0 Å². The predicted octanol–water partition coefficient (Wildman–Crippen LogP) is 5.68. The highest BCUT2D eigenvalue weighted by molar-refractivity contribution is 9.10. The SMILES string of the molecule is O=C(C=Cc1ccccc1)Oc1ccc2c(c1)OC(=Cc1ccc(Br)cc1)C2=O. The highest BCUT2D eigenvalue weighted by atomic mass is 79.9. The van der Waals surface area contributed by atoms with E-state index in [1.807, 2.05) is 54.6 Å². The van der Waals surface area contributed by atoms with Crippen LogP contribution in [0.2, 0.25) is 0 Å². The van der Waals surface area contributed by atoms with Gasteiger partial charge in [-0.15, -0.1) is 0 Å². The first-order valence-corrected chi connectivity index (χ1v) is 9.66. The van der Waals surface area contributed by atoms with Crippen molar-refractivity contribution in [3.63, 3.8) is 0 Å². The van der Waals surface area contributed by atoms with Crippen LogP contribution in [0.4, 0.5) is 0 Å². The molecule has 29 heavy (non-hydrogen) atoms. The zero-order chi connectivity index (χ0) is 20.2. The van der Waals surface area contributed by atoms with Crippen molar-refractivity contribution in [1.82, 2.24) is 0 Å². The van der Waals surface area contributed by atoms with Crippen LogP contribution in [0.3, 0.4) is 0 Å². The number of hydrogen-bond acceptors (Lipinski definition) is 4. The summed E-state index contributed by atoms with van der Waals surface area (Å²) in [5.74, 6) is 0.197. The molecule has 0 atom stereocenters. The maximum atomic E-state index is 12.5. The summed E-state index contributed by atoms with van der Waals surface area (Å²) in [4.78, 5) is 24.6. The lowest BCUT2D eigenvalue weighted by Crippen LogP contribution is -2.03. The summed E-state index contributed by atoms with van der Waals surface area (Å²) in [6.45, 7) is 0. The van der Waals surface area contributed by atoms with Crippen LogP contribution in [0.25, 0.3) is 12.2 Å². The third-order valence-electron chi connectivity index (χ3n) is 4.24. The molecule has 1 aliphatic rings. The zero-order valence-corrected chi connectivity index (χ0v) is 16.8. The van der Waals surface area contributed by atoms with Crippen LogP contribution in [0.5, 0.6) is 11.5 Å². The third-order valence-corrected chi connectivity index (χ3v) is 4.77. The van der Waals surface area contributed by atoms with Gasteiger partial charge in [0.05, 0.1) is 5.56 Å². The minimum Gasteiger partial charge on any atom is -0.452 e. The molecule has 0 bridgehead atoms. The Morgan fingerprint density at radius 3 is 2.45 bits per heavy atom. The quantitative estimate of drug-likeness (QED) is 0.293. The zero-order valence-electron chi connectivity index (χ0n) is 15.2. The molecule has 0 spiro atoms. The highest BCUT2D eigenvalue weighted by Crippen LogP contribution is 2.35. The predicted molar refractivity (Wildman–Crippen MR) is 115 cm³/mol. The molecule has 0 saturated heterocycles. The maximum absolute atomic E-state index is 12.5. The number of fused-ring (bicyclic) bond motifs is 1. The van der Waals surface area contributed by atoms with Crippen molar-refractivity contribution < 1.29 is 19.1 Å². The van der Waals surface area contributed by atoms with Crippen LogP contribution >= 0.6 is 15.9 Å². The van der Waals surface area contributed by atoms with Crippen LogP contribution in [0.1, 0.15) is 21.5 Å². The third kappa shape index (κ3) is 4.52. The fourth-order valence-corrected chi connectivity index (χ4v) is 3.08. The normalized spacial score (nSPS) is 14.1. The molecule has 0 N–H and O–H groups in total. The van der Waals surface area contributed by atoms with E-state index in [2.05, 4.69) is 15.9 Å². The van der Waals surface area contributed by atoms with Crippen LogP contribution < -0.4 is 9.47 Å². The number of ether oxygens (including phenoxy) is 2. The number of esters is 1. The summed E-state index contributed by atoms with van der Waals surface area (Å²) in [7, 11) is 0. The van der Waals surface area contributed by atoms with Gasteiger partial charge in [-0.2, -0.15) is 0 Å².